The van der Waals surface area contributed by atoms with Gasteiger partial charge in [-0.05, 0) is 22.9 Å². The van der Waals surface area contributed by atoms with Crippen molar-refractivity contribution < 1.29 is 0 Å². The fraction of sp³-hybridized carbons (Fsp3) is 0.308. The third kappa shape index (κ3) is 1.85. The van der Waals surface area contributed by atoms with Crippen LogP contribution in [0.2, 0.25) is 0 Å². The molecule has 2 nitrogen and oxygen atoms in total. The molecule has 0 fully saturated rings. The second kappa shape index (κ2) is 3.99. The van der Waals surface area contributed by atoms with E-state index in [1.807, 2.05) is 18.5 Å². The van der Waals surface area contributed by atoms with Gasteiger partial charge < -0.3 is 5.73 Å². The number of rotatable bonds is 2. The second-order valence-electron chi connectivity index (χ2n) is 4.21. The Morgan fingerprint density at radius 1 is 1.20 bits per heavy atom. The Labute approximate surface area is 90.1 Å². The highest BCUT2D eigenvalue weighted by Crippen LogP contribution is 2.26. The van der Waals surface area contributed by atoms with E-state index in [2.05, 4.69) is 37.0 Å². The second-order valence-corrected chi connectivity index (χ2v) is 4.21. The molecule has 2 N–H and O–H groups in total. The van der Waals surface area contributed by atoms with Crippen molar-refractivity contribution in [1.29, 1.82) is 0 Å². The van der Waals surface area contributed by atoms with Crippen LogP contribution in [0.1, 0.15) is 25.5 Å². The van der Waals surface area contributed by atoms with Gasteiger partial charge in [-0.3, -0.25) is 4.98 Å². The van der Waals surface area contributed by atoms with Crippen LogP contribution in [-0.4, -0.2) is 4.98 Å². The summed E-state index contributed by atoms with van der Waals surface area (Å²) in [7, 11) is 0. The topological polar surface area (TPSA) is 38.9 Å². The Morgan fingerprint density at radius 2 is 2.00 bits per heavy atom. The fourth-order valence-corrected chi connectivity index (χ4v) is 1.79. The largest absolute Gasteiger partial charge is 0.324 e. The minimum Gasteiger partial charge on any atom is -0.324 e. The molecule has 0 aliphatic heterocycles. The Balaban J connectivity index is 2.60. The zero-order chi connectivity index (χ0) is 10.8. The van der Waals surface area contributed by atoms with Crippen LogP contribution >= 0.6 is 0 Å². The molecular weight excluding hydrogens is 184 g/mol. The van der Waals surface area contributed by atoms with E-state index in [0.717, 1.165) is 0 Å². The lowest BCUT2D eigenvalue weighted by Crippen LogP contribution is -2.16. The first-order chi connectivity index (χ1) is 7.20. The molecule has 0 amide bonds. The summed E-state index contributed by atoms with van der Waals surface area (Å²) in [4.78, 5) is 4.16. The summed E-state index contributed by atoms with van der Waals surface area (Å²) in [6.45, 7) is 4.28. The molecule has 0 bridgehead atoms. The van der Waals surface area contributed by atoms with Crippen LogP contribution < -0.4 is 5.73 Å². The van der Waals surface area contributed by atoms with Crippen molar-refractivity contribution in [2.75, 3.05) is 0 Å². The van der Waals surface area contributed by atoms with Gasteiger partial charge in [0.25, 0.3) is 0 Å². The molecule has 1 aromatic heterocycles. The third-order valence-corrected chi connectivity index (χ3v) is 2.79. The molecule has 0 aliphatic carbocycles. The maximum atomic E-state index is 6.18. The maximum absolute atomic E-state index is 6.18. The molecule has 15 heavy (non-hydrogen) atoms. The Hall–Kier alpha value is -1.41. The monoisotopic (exact) mass is 200 g/mol. The van der Waals surface area contributed by atoms with E-state index in [4.69, 9.17) is 5.73 Å². The fourth-order valence-electron chi connectivity index (χ4n) is 1.79. The predicted molar refractivity (Wildman–Crippen MR) is 63.5 cm³/mol. The van der Waals surface area contributed by atoms with Crippen LogP contribution in [0, 0.1) is 5.92 Å². The van der Waals surface area contributed by atoms with E-state index in [1.54, 1.807) is 0 Å². The van der Waals surface area contributed by atoms with Crippen LogP contribution in [0.25, 0.3) is 10.8 Å². The molecular formula is C13H16N2. The average molecular weight is 200 g/mol. The molecule has 0 saturated carbocycles. The molecule has 0 spiro atoms. The zero-order valence-electron chi connectivity index (χ0n) is 9.14. The van der Waals surface area contributed by atoms with Crippen molar-refractivity contribution in [3.63, 3.8) is 0 Å². The summed E-state index contributed by atoms with van der Waals surface area (Å²) in [6.07, 6.45) is 3.71. The number of aromatic nitrogens is 1. The van der Waals surface area contributed by atoms with Crippen molar-refractivity contribution in [1.82, 2.24) is 4.98 Å². The molecule has 1 unspecified atom stereocenters. The minimum atomic E-state index is 0.0814. The molecule has 2 rings (SSSR count). The Kier molecular flexibility index (Phi) is 2.69. The molecule has 0 aliphatic rings. The van der Waals surface area contributed by atoms with Crippen LogP contribution in [0.5, 0.6) is 0 Å². The summed E-state index contributed by atoms with van der Waals surface area (Å²) >= 11 is 0. The van der Waals surface area contributed by atoms with Gasteiger partial charge in [-0.15, -0.1) is 0 Å². The quantitative estimate of drug-likeness (QED) is 0.809. The van der Waals surface area contributed by atoms with Gasteiger partial charge in [0.1, 0.15) is 0 Å². The van der Waals surface area contributed by atoms with Crippen molar-refractivity contribution in [3.05, 3.63) is 42.2 Å². The first kappa shape index (κ1) is 10.1. The lowest BCUT2D eigenvalue weighted by molar-refractivity contribution is 0.517. The first-order valence-electron chi connectivity index (χ1n) is 5.28. The molecule has 2 heteroatoms. The van der Waals surface area contributed by atoms with Crippen LogP contribution in [0.15, 0.2) is 36.7 Å². The number of nitrogens with zero attached hydrogens (tertiary/aromatic N) is 1. The number of fused-ring (bicyclic) bond motifs is 1. The van der Waals surface area contributed by atoms with E-state index >= 15 is 0 Å². The van der Waals surface area contributed by atoms with Gasteiger partial charge in [0, 0.05) is 23.8 Å². The van der Waals surface area contributed by atoms with Gasteiger partial charge in [-0.25, -0.2) is 0 Å². The van der Waals surface area contributed by atoms with Gasteiger partial charge in [0.15, 0.2) is 0 Å². The van der Waals surface area contributed by atoms with Crippen LogP contribution in [0.3, 0.4) is 0 Å². The van der Waals surface area contributed by atoms with Crippen molar-refractivity contribution in [2.24, 2.45) is 11.7 Å². The van der Waals surface area contributed by atoms with Crippen LogP contribution in [-0.2, 0) is 0 Å². The highest BCUT2D eigenvalue weighted by Gasteiger charge is 2.12. The normalized spacial score (nSPS) is 13.3. The van der Waals surface area contributed by atoms with E-state index in [-0.39, 0.29) is 6.04 Å². The number of benzene rings is 1. The lowest BCUT2D eigenvalue weighted by atomic mass is 9.93. The highest BCUT2D eigenvalue weighted by atomic mass is 14.7. The van der Waals surface area contributed by atoms with Crippen molar-refractivity contribution in [3.8, 4) is 0 Å². The Morgan fingerprint density at radius 3 is 2.73 bits per heavy atom. The predicted octanol–water partition coefficient (Wildman–Crippen LogP) is 2.89. The highest BCUT2D eigenvalue weighted by molar-refractivity contribution is 5.85. The van der Waals surface area contributed by atoms with Crippen molar-refractivity contribution in [2.45, 2.75) is 19.9 Å². The number of hydrogen-bond acceptors (Lipinski definition) is 2. The van der Waals surface area contributed by atoms with Gasteiger partial charge in [0.2, 0.25) is 0 Å². The number of pyridine rings is 1. The van der Waals surface area contributed by atoms with Gasteiger partial charge in [0.05, 0.1) is 0 Å². The molecule has 0 saturated heterocycles. The SMILES string of the molecule is CC(C)C(N)c1cccc2ccncc12. The minimum absolute atomic E-state index is 0.0814. The molecule has 78 valence electrons. The first-order valence-corrected chi connectivity index (χ1v) is 5.28. The van der Waals surface area contributed by atoms with Gasteiger partial charge in [-0.1, -0.05) is 32.0 Å². The van der Waals surface area contributed by atoms with Crippen LogP contribution in [0.4, 0.5) is 0 Å². The molecule has 2 aromatic rings. The van der Waals surface area contributed by atoms with Gasteiger partial charge >= 0.3 is 0 Å². The summed E-state index contributed by atoms with van der Waals surface area (Å²) in [6, 6.07) is 8.34. The summed E-state index contributed by atoms with van der Waals surface area (Å²) in [5, 5.41) is 2.37. The molecule has 1 atom stereocenters. The third-order valence-electron chi connectivity index (χ3n) is 2.79. The van der Waals surface area contributed by atoms with Crippen molar-refractivity contribution >= 4 is 10.8 Å². The molecule has 1 heterocycles. The van der Waals surface area contributed by atoms with E-state index in [0.29, 0.717) is 5.92 Å². The number of nitrogens with two attached hydrogens (primary N) is 1. The van der Waals surface area contributed by atoms with E-state index in [9.17, 15) is 0 Å². The average Bonchev–Trinajstić information content (AvgIpc) is 2.27. The summed E-state index contributed by atoms with van der Waals surface area (Å²) < 4.78 is 0. The van der Waals surface area contributed by atoms with E-state index < -0.39 is 0 Å². The maximum Gasteiger partial charge on any atom is 0.0349 e. The summed E-state index contributed by atoms with van der Waals surface area (Å²) in [5.74, 6) is 0.441. The summed E-state index contributed by atoms with van der Waals surface area (Å²) in [5.41, 5.74) is 7.37. The van der Waals surface area contributed by atoms with Gasteiger partial charge in [-0.2, -0.15) is 0 Å². The van der Waals surface area contributed by atoms with E-state index in [1.165, 1.54) is 16.3 Å². The standard InChI is InChI=1S/C13H16N2/c1-9(2)13(14)11-5-3-4-10-6-7-15-8-12(10)11/h3-9,13H,14H2,1-2H3. The lowest BCUT2D eigenvalue weighted by Gasteiger charge is -2.17. The molecule has 1 aromatic carbocycles. The number of hydrogen-bond donors (Lipinski definition) is 1. The molecule has 0 radical (unpaired) electrons. The smallest absolute Gasteiger partial charge is 0.0349 e. The zero-order valence-corrected chi connectivity index (χ0v) is 9.14. The Bertz CT molecular complexity index is 458.